The van der Waals surface area contributed by atoms with Gasteiger partial charge in [0.15, 0.2) is 0 Å². The first-order valence-electron chi connectivity index (χ1n) is 5.80. The first-order chi connectivity index (χ1) is 7.05. The van der Waals surface area contributed by atoms with Crippen molar-refractivity contribution >= 4 is 10.3 Å². The second-order valence-electron chi connectivity index (χ2n) is 4.23. The predicted octanol–water partition coefficient (Wildman–Crippen LogP) is 2.22. The van der Waals surface area contributed by atoms with Crippen LogP contribution in [0.15, 0.2) is 0 Å². The summed E-state index contributed by atoms with van der Waals surface area (Å²) in [5.41, 5.74) is 0. The normalized spacial score (nSPS) is 19.7. The standard InChI is InChI=1S/C10H21NO3S/c1-2-3-9-11(15(12,13)14)10-7-5-4-6-8-10/h10H,2-9H2,1H3,(H,12,13,14). The van der Waals surface area contributed by atoms with E-state index >= 15 is 0 Å². The van der Waals surface area contributed by atoms with Gasteiger partial charge < -0.3 is 0 Å². The van der Waals surface area contributed by atoms with E-state index in [0.717, 1.165) is 38.5 Å². The molecule has 1 aliphatic rings. The van der Waals surface area contributed by atoms with Crippen LogP contribution >= 0.6 is 0 Å². The minimum atomic E-state index is -4.00. The largest absolute Gasteiger partial charge is 0.336 e. The molecule has 0 bridgehead atoms. The van der Waals surface area contributed by atoms with E-state index in [2.05, 4.69) is 0 Å². The Hall–Kier alpha value is -0.130. The Kier molecular flexibility index (Phi) is 5.02. The minimum absolute atomic E-state index is 0.0281. The lowest BCUT2D eigenvalue weighted by atomic mass is 9.95. The molecule has 0 heterocycles. The molecular formula is C10H21NO3S. The fraction of sp³-hybridized carbons (Fsp3) is 1.00. The Morgan fingerprint density at radius 3 is 2.33 bits per heavy atom. The fourth-order valence-corrected chi connectivity index (χ4v) is 3.12. The molecule has 5 heteroatoms. The molecule has 0 atom stereocenters. The van der Waals surface area contributed by atoms with Gasteiger partial charge >= 0.3 is 10.3 Å². The molecule has 15 heavy (non-hydrogen) atoms. The maximum atomic E-state index is 11.2. The second kappa shape index (κ2) is 5.82. The van der Waals surface area contributed by atoms with Gasteiger partial charge in [0.05, 0.1) is 0 Å². The molecule has 0 spiro atoms. The topological polar surface area (TPSA) is 57.6 Å². The molecule has 1 N–H and O–H groups in total. The Morgan fingerprint density at radius 1 is 1.27 bits per heavy atom. The van der Waals surface area contributed by atoms with Crippen molar-refractivity contribution in [1.82, 2.24) is 4.31 Å². The maximum absolute atomic E-state index is 11.2. The summed E-state index contributed by atoms with van der Waals surface area (Å²) >= 11 is 0. The third-order valence-electron chi connectivity index (χ3n) is 3.01. The molecule has 0 aliphatic heterocycles. The molecule has 0 aromatic carbocycles. The van der Waals surface area contributed by atoms with Gasteiger partial charge in [-0.2, -0.15) is 12.7 Å². The number of rotatable bonds is 5. The Labute approximate surface area is 92.5 Å². The van der Waals surface area contributed by atoms with E-state index in [0.29, 0.717) is 6.54 Å². The van der Waals surface area contributed by atoms with E-state index in [9.17, 15) is 8.42 Å². The van der Waals surface area contributed by atoms with Crippen LogP contribution < -0.4 is 0 Å². The second-order valence-corrected chi connectivity index (χ2v) is 5.60. The van der Waals surface area contributed by atoms with Gasteiger partial charge in [0, 0.05) is 12.6 Å². The zero-order chi connectivity index (χ0) is 11.3. The summed E-state index contributed by atoms with van der Waals surface area (Å²) in [7, 11) is -4.00. The van der Waals surface area contributed by atoms with Crippen molar-refractivity contribution in [2.75, 3.05) is 6.54 Å². The molecule has 90 valence electrons. The van der Waals surface area contributed by atoms with Gasteiger partial charge in [0.1, 0.15) is 0 Å². The molecule has 1 saturated carbocycles. The van der Waals surface area contributed by atoms with Crippen LogP contribution in [0.3, 0.4) is 0 Å². The zero-order valence-corrected chi connectivity index (χ0v) is 10.2. The predicted molar refractivity (Wildman–Crippen MR) is 60.0 cm³/mol. The molecule has 0 unspecified atom stereocenters. The number of hydrogen-bond donors (Lipinski definition) is 1. The lowest BCUT2D eigenvalue weighted by molar-refractivity contribution is 0.230. The smallest absolute Gasteiger partial charge is 0.273 e. The summed E-state index contributed by atoms with van der Waals surface area (Å²) in [4.78, 5) is 0. The summed E-state index contributed by atoms with van der Waals surface area (Å²) in [6.07, 6.45) is 6.87. The molecule has 0 saturated heterocycles. The van der Waals surface area contributed by atoms with Crippen LogP contribution in [0.5, 0.6) is 0 Å². The van der Waals surface area contributed by atoms with Crippen LogP contribution in [0.1, 0.15) is 51.9 Å². The number of nitrogens with zero attached hydrogens (tertiary/aromatic N) is 1. The highest BCUT2D eigenvalue weighted by atomic mass is 32.2. The summed E-state index contributed by atoms with van der Waals surface area (Å²) < 4.78 is 32.9. The van der Waals surface area contributed by atoms with Crippen LogP contribution in [-0.2, 0) is 10.3 Å². The quantitative estimate of drug-likeness (QED) is 0.743. The van der Waals surface area contributed by atoms with Crippen molar-refractivity contribution in [2.24, 2.45) is 0 Å². The van der Waals surface area contributed by atoms with Crippen molar-refractivity contribution in [3.8, 4) is 0 Å². The van der Waals surface area contributed by atoms with Gasteiger partial charge in [-0.1, -0.05) is 32.6 Å². The third kappa shape index (κ3) is 4.09. The lowest BCUT2D eigenvalue weighted by Crippen LogP contribution is -2.41. The first-order valence-corrected chi connectivity index (χ1v) is 7.19. The first kappa shape index (κ1) is 12.9. The molecule has 1 rings (SSSR count). The molecule has 0 radical (unpaired) electrons. The SMILES string of the molecule is CCCCN(C1CCCCC1)S(=O)(=O)O. The fourth-order valence-electron chi connectivity index (χ4n) is 2.17. The van der Waals surface area contributed by atoms with E-state index in [1.807, 2.05) is 6.92 Å². The van der Waals surface area contributed by atoms with Gasteiger partial charge in [-0.05, 0) is 19.3 Å². The Balaban J connectivity index is 2.62. The van der Waals surface area contributed by atoms with Gasteiger partial charge in [-0.25, -0.2) is 0 Å². The average Bonchev–Trinajstić information content (AvgIpc) is 2.18. The van der Waals surface area contributed by atoms with Crippen molar-refractivity contribution in [2.45, 2.75) is 57.9 Å². The molecule has 0 aromatic rings. The van der Waals surface area contributed by atoms with Gasteiger partial charge in [-0.3, -0.25) is 4.55 Å². The van der Waals surface area contributed by atoms with E-state index < -0.39 is 10.3 Å². The average molecular weight is 235 g/mol. The van der Waals surface area contributed by atoms with Crippen molar-refractivity contribution in [3.05, 3.63) is 0 Å². The van der Waals surface area contributed by atoms with Crippen molar-refractivity contribution < 1.29 is 13.0 Å². The summed E-state index contributed by atoms with van der Waals surface area (Å²) in [5.74, 6) is 0. The summed E-state index contributed by atoms with van der Waals surface area (Å²) in [6.45, 7) is 2.48. The molecule has 0 amide bonds. The molecule has 0 aromatic heterocycles. The lowest BCUT2D eigenvalue weighted by Gasteiger charge is -2.31. The van der Waals surface area contributed by atoms with Gasteiger partial charge in [0.2, 0.25) is 0 Å². The van der Waals surface area contributed by atoms with E-state index in [4.69, 9.17) is 4.55 Å². The van der Waals surface area contributed by atoms with Crippen LogP contribution in [-0.4, -0.2) is 29.9 Å². The summed E-state index contributed by atoms with van der Waals surface area (Å²) in [5, 5.41) is 0. The highest BCUT2D eigenvalue weighted by Gasteiger charge is 2.28. The highest BCUT2D eigenvalue weighted by Crippen LogP contribution is 2.24. The monoisotopic (exact) mass is 235 g/mol. The van der Waals surface area contributed by atoms with Crippen molar-refractivity contribution in [3.63, 3.8) is 0 Å². The van der Waals surface area contributed by atoms with Crippen LogP contribution in [0.25, 0.3) is 0 Å². The summed E-state index contributed by atoms with van der Waals surface area (Å²) in [6, 6.07) is 0.0281. The van der Waals surface area contributed by atoms with Crippen LogP contribution in [0, 0.1) is 0 Å². The van der Waals surface area contributed by atoms with E-state index in [-0.39, 0.29) is 6.04 Å². The zero-order valence-electron chi connectivity index (χ0n) is 9.35. The van der Waals surface area contributed by atoms with Crippen LogP contribution in [0.2, 0.25) is 0 Å². The highest BCUT2D eigenvalue weighted by molar-refractivity contribution is 7.83. The minimum Gasteiger partial charge on any atom is -0.273 e. The molecule has 4 nitrogen and oxygen atoms in total. The molecular weight excluding hydrogens is 214 g/mol. The maximum Gasteiger partial charge on any atom is 0.336 e. The van der Waals surface area contributed by atoms with Gasteiger partial charge in [0.25, 0.3) is 0 Å². The van der Waals surface area contributed by atoms with Gasteiger partial charge in [-0.15, -0.1) is 0 Å². The number of unbranched alkanes of at least 4 members (excludes halogenated alkanes) is 1. The Morgan fingerprint density at radius 2 is 1.87 bits per heavy atom. The van der Waals surface area contributed by atoms with Crippen LogP contribution in [0.4, 0.5) is 0 Å². The van der Waals surface area contributed by atoms with E-state index in [1.54, 1.807) is 0 Å². The van der Waals surface area contributed by atoms with E-state index in [1.165, 1.54) is 10.7 Å². The molecule has 1 fully saturated rings. The third-order valence-corrected chi connectivity index (χ3v) is 4.08. The molecule has 1 aliphatic carbocycles. The van der Waals surface area contributed by atoms with Crippen molar-refractivity contribution in [1.29, 1.82) is 0 Å². The Bertz CT molecular complexity index is 270. The number of hydrogen-bond acceptors (Lipinski definition) is 2.